The van der Waals surface area contributed by atoms with Gasteiger partial charge in [-0.2, -0.15) is 0 Å². The molecule has 0 saturated carbocycles. The predicted molar refractivity (Wildman–Crippen MR) is 161 cm³/mol. The molecule has 1 saturated heterocycles. The van der Waals surface area contributed by atoms with E-state index >= 15 is 0 Å². The first-order valence-corrected chi connectivity index (χ1v) is 13.8. The van der Waals surface area contributed by atoms with Gasteiger partial charge in [-0.1, -0.05) is 103 Å². The Labute approximate surface area is 241 Å². The molecule has 4 aromatic carbocycles. The van der Waals surface area contributed by atoms with Crippen LogP contribution in [0.2, 0.25) is 0 Å². The first-order chi connectivity index (χ1) is 19.6. The fourth-order valence-electron chi connectivity index (χ4n) is 5.97. The van der Waals surface area contributed by atoms with E-state index in [1.807, 2.05) is 42.5 Å². The molecule has 1 aliphatic heterocycles. The summed E-state index contributed by atoms with van der Waals surface area (Å²) in [6.07, 6.45) is 0.217. The van der Waals surface area contributed by atoms with Crippen LogP contribution in [0.5, 0.6) is 5.75 Å². The van der Waals surface area contributed by atoms with Gasteiger partial charge >= 0.3 is 6.09 Å². The van der Waals surface area contributed by atoms with Crippen LogP contribution in [0, 0.1) is 5.92 Å². The van der Waals surface area contributed by atoms with E-state index in [1.54, 1.807) is 19.1 Å². The minimum Gasteiger partial charge on any atom is -0.497 e. The van der Waals surface area contributed by atoms with E-state index in [2.05, 4.69) is 72.8 Å². The molecule has 5 nitrogen and oxygen atoms in total. The van der Waals surface area contributed by atoms with Crippen molar-refractivity contribution < 1.29 is 19.0 Å². The van der Waals surface area contributed by atoms with Gasteiger partial charge in [0.25, 0.3) is 0 Å². The van der Waals surface area contributed by atoms with E-state index < -0.39 is 17.6 Å². The van der Waals surface area contributed by atoms with E-state index in [0.29, 0.717) is 18.0 Å². The third-order valence-electron chi connectivity index (χ3n) is 7.83. The van der Waals surface area contributed by atoms with Crippen LogP contribution in [0.1, 0.15) is 28.7 Å². The topological polar surface area (TPSA) is 48.0 Å². The van der Waals surface area contributed by atoms with Crippen molar-refractivity contribution in [3.05, 3.63) is 138 Å². The third-order valence-corrected chi connectivity index (χ3v) is 8.27. The van der Waals surface area contributed by atoms with Crippen molar-refractivity contribution in [2.45, 2.75) is 24.5 Å². The minimum atomic E-state index is -0.531. The Morgan fingerprint density at radius 3 is 1.75 bits per heavy atom. The monoisotopic (exact) mass is 551 g/mol. The van der Waals surface area contributed by atoms with Crippen molar-refractivity contribution in [2.24, 2.45) is 5.92 Å². The number of hydrogen-bond donors (Lipinski definition) is 0. The van der Waals surface area contributed by atoms with Gasteiger partial charge in [0, 0.05) is 12.0 Å². The molecule has 204 valence electrons. The second-order valence-electron chi connectivity index (χ2n) is 9.93. The molecule has 2 atom stereocenters. The van der Waals surface area contributed by atoms with Crippen molar-refractivity contribution in [3.63, 3.8) is 0 Å². The minimum absolute atomic E-state index is 0.00802. The number of ether oxygens (including phenoxy) is 3. The highest BCUT2D eigenvalue weighted by Crippen LogP contribution is 2.50. The zero-order valence-corrected chi connectivity index (χ0v) is 23.6. The number of thiocarbonyl (C=S) groups is 1. The lowest BCUT2D eigenvalue weighted by molar-refractivity contribution is 0.0956. The highest BCUT2D eigenvalue weighted by Gasteiger charge is 2.51. The molecule has 40 heavy (non-hydrogen) atoms. The van der Waals surface area contributed by atoms with Gasteiger partial charge in [0.2, 0.25) is 0 Å². The second kappa shape index (κ2) is 12.3. The van der Waals surface area contributed by atoms with Gasteiger partial charge in [-0.15, -0.1) is 0 Å². The van der Waals surface area contributed by atoms with Gasteiger partial charge in [-0.25, -0.2) is 4.79 Å². The van der Waals surface area contributed by atoms with Gasteiger partial charge in [0.1, 0.15) is 18.4 Å². The molecule has 0 unspecified atom stereocenters. The van der Waals surface area contributed by atoms with E-state index in [9.17, 15) is 4.79 Å². The molecule has 0 spiro atoms. The Morgan fingerprint density at radius 1 is 0.800 bits per heavy atom. The number of nitrogens with zero attached hydrogens (tertiary/aromatic N) is 1. The van der Waals surface area contributed by atoms with Crippen LogP contribution in [0.25, 0.3) is 0 Å². The maximum absolute atomic E-state index is 13.6. The summed E-state index contributed by atoms with van der Waals surface area (Å²) in [7, 11) is 3.19. The predicted octanol–water partition coefficient (Wildman–Crippen LogP) is 7.03. The molecule has 0 bridgehead atoms. The average molecular weight is 552 g/mol. The molecule has 0 aromatic heterocycles. The van der Waals surface area contributed by atoms with Gasteiger partial charge in [-0.05, 0) is 58.9 Å². The first kappa shape index (κ1) is 27.4. The molecule has 4 aromatic rings. The molecule has 1 fully saturated rings. The smallest absolute Gasteiger partial charge is 0.410 e. The van der Waals surface area contributed by atoms with Crippen LogP contribution in [0.3, 0.4) is 0 Å². The molecular formula is C34H33NO4S. The number of amides is 1. The number of rotatable bonds is 8. The average Bonchev–Trinajstić information content (AvgIpc) is 3.47. The molecular weight excluding hydrogens is 518 g/mol. The molecule has 5 rings (SSSR count). The normalized spacial score (nSPS) is 16.8. The number of carbonyl (C=O) groups is 1. The Kier molecular flexibility index (Phi) is 8.46. The maximum Gasteiger partial charge on any atom is 0.410 e. The molecule has 1 heterocycles. The second-order valence-corrected chi connectivity index (χ2v) is 10.3. The highest BCUT2D eigenvalue weighted by atomic mass is 32.1. The highest BCUT2D eigenvalue weighted by molar-refractivity contribution is 7.80. The van der Waals surface area contributed by atoms with E-state index in [4.69, 9.17) is 26.4 Å². The largest absolute Gasteiger partial charge is 0.497 e. The number of likely N-dealkylation sites (tertiary alicyclic amines) is 1. The summed E-state index contributed by atoms with van der Waals surface area (Å²) >= 11 is 5.66. The summed E-state index contributed by atoms with van der Waals surface area (Å²) in [5.41, 5.74) is 3.83. The standard InChI is InChI=1S/C34H33NO4S/c1-37-30-20-18-25(19-21-30)24-39-33(36)35-23-29(22-31(35)32(40)38-2)34(26-12-6-3-7-13-26,27-14-8-4-9-15-27)28-16-10-5-11-17-28/h3-21,29,31H,22-24H2,1-2H3/t29-,31+/m1/s1. The molecule has 0 N–H and O–H groups in total. The molecule has 1 aliphatic rings. The third kappa shape index (κ3) is 5.32. The van der Waals surface area contributed by atoms with Crippen molar-refractivity contribution in [1.29, 1.82) is 0 Å². The maximum atomic E-state index is 13.6. The lowest BCUT2D eigenvalue weighted by Crippen LogP contribution is -2.42. The van der Waals surface area contributed by atoms with Crippen LogP contribution >= 0.6 is 12.2 Å². The molecule has 0 aliphatic carbocycles. The Morgan fingerprint density at radius 2 is 1.30 bits per heavy atom. The summed E-state index contributed by atoms with van der Waals surface area (Å²) in [5.74, 6) is 0.744. The fourth-order valence-corrected chi connectivity index (χ4v) is 6.19. The number of benzene rings is 4. The Balaban J connectivity index is 1.54. The SMILES string of the molecule is COC(=S)[C@@H]1C[C@@H](C(c2ccccc2)(c2ccccc2)c2ccccc2)CN1C(=O)OCc1ccc(OC)cc1. The quantitative estimate of drug-likeness (QED) is 0.174. The number of hydrogen-bond acceptors (Lipinski definition) is 5. The van der Waals surface area contributed by atoms with Crippen LogP contribution in [-0.2, 0) is 21.5 Å². The van der Waals surface area contributed by atoms with Gasteiger partial charge in [0.05, 0.1) is 14.2 Å². The summed E-state index contributed by atoms with van der Waals surface area (Å²) in [5, 5.41) is 0.381. The molecule has 6 heteroatoms. The zero-order valence-electron chi connectivity index (χ0n) is 22.7. The fraction of sp³-hybridized carbons (Fsp3) is 0.235. The molecule has 1 amide bonds. The molecule has 0 radical (unpaired) electrons. The van der Waals surface area contributed by atoms with E-state index in [1.165, 1.54) is 0 Å². The lowest BCUT2D eigenvalue weighted by Gasteiger charge is -2.41. The summed E-state index contributed by atoms with van der Waals surface area (Å²) in [6, 6.07) is 38.7. The zero-order chi connectivity index (χ0) is 28.0. The van der Waals surface area contributed by atoms with Crippen LogP contribution in [0.4, 0.5) is 4.79 Å². The van der Waals surface area contributed by atoms with Crippen LogP contribution < -0.4 is 4.74 Å². The van der Waals surface area contributed by atoms with Crippen LogP contribution in [0.15, 0.2) is 115 Å². The summed E-state index contributed by atoms with van der Waals surface area (Å²) in [4.78, 5) is 15.4. The van der Waals surface area contributed by atoms with Gasteiger partial charge < -0.3 is 14.2 Å². The van der Waals surface area contributed by atoms with Gasteiger partial charge in [0.15, 0.2) is 5.05 Å². The van der Waals surface area contributed by atoms with Crippen molar-refractivity contribution in [2.75, 3.05) is 20.8 Å². The lowest BCUT2D eigenvalue weighted by atomic mass is 9.61. The first-order valence-electron chi connectivity index (χ1n) is 13.4. The summed E-state index contributed by atoms with van der Waals surface area (Å²) < 4.78 is 16.6. The summed E-state index contributed by atoms with van der Waals surface area (Å²) in [6.45, 7) is 0.603. The van der Waals surface area contributed by atoms with Crippen molar-refractivity contribution >= 4 is 23.4 Å². The number of carbonyl (C=O) groups excluding carboxylic acids is 1. The van der Waals surface area contributed by atoms with Crippen molar-refractivity contribution in [1.82, 2.24) is 4.90 Å². The van der Waals surface area contributed by atoms with E-state index in [-0.39, 0.29) is 12.5 Å². The van der Waals surface area contributed by atoms with E-state index in [0.717, 1.165) is 28.0 Å². The number of methoxy groups -OCH3 is 2. The van der Waals surface area contributed by atoms with Gasteiger partial charge in [-0.3, -0.25) is 4.90 Å². The van der Waals surface area contributed by atoms with Crippen LogP contribution in [-0.4, -0.2) is 42.8 Å². The Bertz CT molecular complexity index is 1310. The van der Waals surface area contributed by atoms with Crippen molar-refractivity contribution in [3.8, 4) is 5.75 Å². The Hall–Kier alpha value is -4.16.